The van der Waals surface area contributed by atoms with Gasteiger partial charge in [-0.3, -0.25) is 0 Å². The van der Waals surface area contributed by atoms with Crippen LogP contribution in [0.2, 0.25) is 0 Å². The quantitative estimate of drug-likeness (QED) is 0.253. The summed E-state index contributed by atoms with van der Waals surface area (Å²) in [5, 5.41) is 1.34. The van der Waals surface area contributed by atoms with Gasteiger partial charge in [0, 0.05) is 14.9 Å². The molecule has 1 unspecified atom stereocenters. The van der Waals surface area contributed by atoms with Crippen LogP contribution in [0.25, 0.3) is 10.1 Å². The van der Waals surface area contributed by atoms with Crippen LogP contribution in [0.1, 0.15) is 48.5 Å². The van der Waals surface area contributed by atoms with Crippen LogP contribution in [0, 0.1) is 11.8 Å². The number of halogens is 3. The molecule has 0 radical (unpaired) electrons. The van der Waals surface area contributed by atoms with Crippen molar-refractivity contribution < 1.29 is 13.2 Å². The van der Waals surface area contributed by atoms with Gasteiger partial charge in [0.15, 0.2) is 0 Å². The van der Waals surface area contributed by atoms with Gasteiger partial charge < -0.3 is 0 Å². The molecule has 0 saturated heterocycles. The van der Waals surface area contributed by atoms with Gasteiger partial charge in [0.1, 0.15) is 0 Å². The molecule has 0 saturated carbocycles. The van der Waals surface area contributed by atoms with Crippen molar-refractivity contribution in [3.05, 3.63) is 53.6 Å². The van der Waals surface area contributed by atoms with Crippen LogP contribution in [0.15, 0.2) is 53.6 Å². The Morgan fingerprint density at radius 1 is 1.00 bits per heavy atom. The summed E-state index contributed by atoms with van der Waals surface area (Å²) in [5.41, 5.74) is 0.285. The van der Waals surface area contributed by atoms with Gasteiger partial charge in [0.25, 0.3) is 0 Å². The van der Waals surface area contributed by atoms with Gasteiger partial charge in [-0.15, -0.1) is 23.2 Å². The second kappa shape index (κ2) is 15.5. The van der Waals surface area contributed by atoms with Crippen molar-refractivity contribution in [2.75, 3.05) is 0 Å². The van der Waals surface area contributed by atoms with Crippen LogP contribution in [0.3, 0.4) is 0 Å². The van der Waals surface area contributed by atoms with E-state index in [-0.39, 0.29) is 0 Å². The van der Waals surface area contributed by atoms with Gasteiger partial charge in [-0.1, -0.05) is 59.0 Å². The maximum Gasteiger partial charge on any atom is 0.412 e. The van der Waals surface area contributed by atoms with E-state index in [9.17, 15) is 13.2 Å². The van der Waals surface area contributed by atoms with Crippen molar-refractivity contribution in [2.24, 2.45) is 0 Å². The first-order chi connectivity index (χ1) is 12.6. The first kappa shape index (κ1) is 27.7. The van der Waals surface area contributed by atoms with Crippen molar-refractivity contribution in [2.45, 2.75) is 54.6 Å². The summed E-state index contributed by atoms with van der Waals surface area (Å²) in [6.07, 6.45) is -1.66. The lowest BCUT2D eigenvalue weighted by Crippen LogP contribution is -2.08. The highest BCUT2D eigenvalue weighted by molar-refractivity contribution is 7.45. The Morgan fingerprint density at radius 2 is 1.52 bits per heavy atom. The fraction of sp³-hybridized carbons (Fsp3) is 0.364. The number of allylic oxidation sites excluding steroid dienone is 4. The maximum atomic E-state index is 11.8. The van der Waals surface area contributed by atoms with Crippen LogP contribution in [-0.4, -0.2) is 6.18 Å². The van der Waals surface area contributed by atoms with Crippen molar-refractivity contribution in [3.8, 4) is 11.8 Å². The van der Waals surface area contributed by atoms with Gasteiger partial charge in [-0.25, -0.2) is 0 Å². The lowest BCUT2D eigenvalue weighted by molar-refractivity contribution is -0.0912. The van der Waals surface area contributed by atoms with E-state index in [4.69, 9.17) is 0 Å². The summed E-state index contributed by atoms with van der Waals surface area (Å²) in [7, 11) is 2.72. The van der Waals surface area contributed by atoms with Gasteiger partial charge in [0.05, 0.1) is 0 Å². The van der Waals surface area contributed by atoms with E-state index in [1.54, 1.807) is 13.8 Å². The molecule has 0 N–H and O–H groups in total. The molecule has 1 aromatic carbocycles. The zero-order chi connectivity index (χ0) is 21.5. The van der Waals surface area contributed by atoms with E-state index in [0.29, 0.717) is 0 Å². The zero-order valence-electron chi connectivity index (χ0n) is 17.2. The predicted octanol–water partition coefficient (Wildman–Crippen LogP) is 7.92. The molecular weight excluding hydrogens is 384 g/mol. The van der Waals surface area contributed by atoms with Crippen LogP contribution >= 0.6 is 20.6 Å². The molecule has 0 fully saturated rings. The number of alkyl halides is 3. The van der Waals surface area contributed by atoms with E-state index in [0.717, 1.165) is 18.6 Å². The fourth-order valence-electron chi connectivity index (χ4n) is 1.39. The Morgan fingerprint density at radius 3 is 1.93 bits per heavy atom. The minimum Gasteiger partial charge on any atom is -0.166 e. The Hall–Kier alpha value is -1.56. The first-order valence-corrected chi connectivity index (χ1v) is 9.97. The van der Waals surface area contributed by atoms with Crippen LogP contribution in [0.4, 0.5) is 13.2 Å². The Kier molecular flexibility index (Phi) is 15.9. The van der Waals surface area contributed by atoms with E-state index < -0.39 is 11.7 Å². The van der Waals surface area contributed by atoms with Crippen LogP contribution in [0.5, 0.6) is 0 Å². The summed E-state index contributed by atoms with van der Waals surface area (Å²) < 4.78 is 38.1. The highest BCUT2D eigenvalue weighted by Gasteiger charge is 2.29. The minimum absolute atomic E-state index is 0.571. The van der Waals surface area contributed by atoms with E-state index in [1.165, 1.54) is 20.8 Å². The number of rotatable bonds is 1. The molecule has 0 amide bonds. The smallest absolute Gasteiger partial charge is 0.166 e. The molecule has 5 heteroatoms. The molecule has 1 aromatic heterocycles. The average molecular weight is 415 g/mol. The molecule has 0 aliphatic heterocycles. The molecule has 0 aliphatic carbocycles. The second-order valence-corrected chi connectivity index (χ2v) is 7.43. The molecule has 150 valence electrons. The summed E-state index contributed by atoms with van der Waals surface area (Å²) in [6, 6.07) is 10.6. The molecule has 1 heterocycles. The number of benzene rings is 1. The van der Waals surface area contributed by atoms with Gasteiger partial charge >= 0.3 is 6.18 Å². The lowest BCUT2D eigenvalue weighted by Gasteiger charge is -2.04. The third kappa shape index (κ3) is 14.2. The first-order valence-electron chi connectivity index (χ1n) is 8.58. The Balaban J connectivity index is 0. The SMILES string of the molecule is CC.CC#CC.CC(C)=C/C=C(\C)C(F)(F)F.Pc1cc2ccccc2s1. The summed E-state index contributed by atoms with van der Waals surface area (Å²) >= 11 is 1.82. The summed E-state index contributed by atoms with van der Waals surface area (Å²) in [6.45, 7) is 12.2. The van der Waals surface area contributed by atoms with Crippen molar-refractivity contribution in [1.29, 1.82) is 0 Å². The van der Waals surface area contributed by atoms with Gasteiger partial charge in [0.2, 0.25) is 0 Å². The van der Waals surface area contributed by atoms with Gasteiger partial charge in [-0.2, -0.15) is 13.2 Å². The van der Waals surface area contributed by atoms with Gasteiger partial charge in [-0.05, 0) is 52.1 Å². The van der Waals surface area contributed by atoms with Crippen molar-refractivity contribution >= 4 is 35.3 Å². The number of thiophene rings is 1. The largest absolute Gasteiger partial charge is 0.412 e. The van der Waals surface area contributed by atoms with E-state index in [2.05, 4.69) is 51.4 Å². The third-order valence-corrected chi connectivity index (χ3v) is 4.27. The molecule has 0 spiro atoms. The molecule has 0 aliphatic rings. The molecule has 2 rings (SSSR count). The monoisotopic (exact) mass is 414 g/mol. The topological polar surface area (TPSA) is 0 Å². The molecular formula is C22H30F3PS. The summed E-state index contributed by atoms with van der Waals surface area (Å²) in [4.78, 5) is 0. The highest BCUT2D eigenvalue weighted by atomic mass is 32.1. The Bertz CT molecular complexity index is 729. The normalized spacial score (nSPS) is 9.96. The zero-order valence-corrected chi connectivity index (χ0v) is 19.1. The van der Waals surface area contributed by atoms with Crippen molar-refractivity contribution in [1.82, 2.24) is 0 Å². The highest BCUT2D eigenvalue weighted by Crippen LogP contribution is 2.24. The van der Waals surface area contributed by atoms with Crippen molar-refractivity contribution in [3.63, 3.8) is 0 Å². The average Bonchev–Trinajstić information content (AvgIpc) is 3.01. The number of fused-ring (bicyclic) bond motifs is 1. The maximum absolute atomic E-state index is 11.8. The lowest BCUT2D eigenvalue weighted by atomic mass is 10.2. The number of hydrogen-bond acceptors (Lipinski definition) is 1. The summed E-state index contributed by atoms with van der Waals surface area (Å²) in [5.74, 6) is 5.36. The number of hydrogen-bond donors (Lipinski definition) is 0. The predicted molar refractivity (Wildman–Crippen MR) is 121 cm³/mol. The molecule has 2 aromatic rings. The van der Waals surface area contributed by atoms with Crippen LogP contribution in [-0.2, 0) is 0 Å². The second-order valence-electron chi connectivity index (χ2n) is 5.28. The molecule has 1 atom stereocenters. The van der Waals surface area contributed by atoms with E-state index in [1.807, 2.05) is 39.0 Å². The standard InChI is InChI=1S/C8H11F3.C8H7PS.C4H6.C2H6/c1-6(2)4-5-7(3)8(9,10)11;9-8-5-6-3-1-2-4-7(6)10-8;1-3-4-2;1-2/h4-5H,1-3H3;1-5H,9H2;1-2H3;1-2H3/b7-5+;;;. The third-order valence-electron chi connectivity index (χ3n) is 2.81. The van der Waals surface area contributed by atoms with E-state index >= 15 is 0 Å². The molecule has 0 nitrogen and oxygen atoms in total. The molecule has 0 bridgehead atoms. The Labute approximate surface area is 168 Å². The van der Waals surface area contributed by atoms with Crippen LogP contribution < -0.4 is 4.62 Å². The fourth-order valence-corrected chi connectivity index (χ4v) is 2.78. The minimum atomic E-state index is -4.19. The molecule has 27 heavy (non-hydrogen) atoms.